The number of anilines is 2. The molecule has 1 N–H and O–H groups in total. The van der Waals surface area contributed by atoms with Gasteiger partial charge in [0.2, 0.25) is 5.95 Å². The van der Waals surface area contributed by atoms with Crippen LogP contribution in [0.2, 0.25) is 0 Å². The van der Waals surface area contributed by atoms with E-state index in [4.69, 9.17) is 4.74 Å². The van der Waals surface area contributed by atoms with Gasteiger partial charge in [-0.05, 0) is 24.0 Å². The van der Waals surface area contributed by atoms with Crippen LogP contribution >= 0.6 is 0 Å². The molecule has 25 heavy (non-hydrogen) atoms. The van der Waals surface area contributed by atoms with Crippen LogP contribution in [-0.2, 0) is 4.74 Å². The molecular weight excluding hydrogens is 316 g/mol. The predicted molar refractivity (Wildman–Crippen MR) is 97.6 cm³/mol. The predicted octanol–water partition coefficient (Wildman–Crippen LogP) is 4.02. The Bertz CT molecular complexity index is 743. The van der Waals surface area contributed by atoms with Gasteiger partial charge in [-0.1, -0.05) is 51.1 Å². The summed E-state index contributed by atoms with van der Waals surface area (Å²) in [5.41, 5.74) is 1.03. The number of carbonyl (C=O) groups excluding carboxylic acids is 1. The van der Waals surface area contributed by atoms with Gasteiger partial charge in [0.25, 0.3) is 0 Å². The molecule has 1 aliphatic heterocycles. The monoisotopic (exact) mass is 340 g/mol. The van der Waals surface area contributed by atoms with Crippen molar-refractivity contribution in [2.45, 2.75) is 39.8 Å². The fourth-order valence-corrected chi connectivity index (χ4v) is 2.88. The van der Waals surface area contributed by atoms with Crippen molar-refractivity contribution in [1.82, 2.24) is 9.97 Å². The van der Waals surface area contributed by atoms with Crippen LogP contribution in [0.4, 0.5) is 16.6 Å². The molecule has 0 spiro atoms. The van der Waals surface area contributed by atoms with Crippen LogP contribution in [0.15, 0.2) is 42.6 Å². The third-order valence-corrected chi connectivity index (χ3v) is 4.41. The first-order valence-corrected chi connectivity index (χ1v) is 8.47. The second-order valence-corrected chi connectivity index (χ2v) is 7.34. The highest BCUT2D eigenvalue weighted by molar-refractivity contribution is 5.89. The molecule has 1 saturated heterocycles. The van der Waals surface area contributed by atoms with Crippen LogP contribution < -0.4 is 10.2 Å². The molecule has 3 rings (SSSR count). The minimum absolute atomic E-state index is 0.0559. The highest BCUT2D eigenvalue weighted by Crippen LogP contribution is 2.32. The molecule has 1 fully saturated rings. The zero-order valence-electron chi connectivity index (χ0n) is 15.1. The molecule has 2 heterocycles. The highest BCUT2D eigenvalue weighted by Gasteiger charge is 2.42. The van der Waals surface area contributed by atoms with Gasteiger partial charge >= 0.3 is 6.09 Å². The Morgan fingerprint density at radius 2 is 1.96 bits per heavy atom. The maximum absolute atomic E-state index is 12.2. The molecule has 1 aliphatic rings. The minimum Gasteiger partial charge on any atom is -0.447 e. The number of ether oxygens (including phenoxy) is 1. The summed E-state index contributed by atoms with van der Waals surface area (Å²) in [6, 6.07) is 11.8. The molecule has 6 heteroatoms. The minimum atomic E-state index is -0.360. The Morgan fingerprint density at radius 1 is 1.24 bits per heavy atom. The van der Waals surface area contributed by atoms with E-state index in [1.807, 2.05) is 25.1 Å². The van der Waals surface area contributed by atoms with Crippen molar-refractivity contribution in [2.75, 3.05) is 16.8 Å². The van der Waals surface area contributed by atoms with Crippen LogP contribution in [0, 0.1) is 5.41 Å². The number of nitrogens with zero attached hydrogens (tertiary/aromatic N) is 3. The van der Waals surface area contributed by atoms with E-state index in [0.717, 1.165) is 5.56 Å². The van der Waals surface area contributed by atoms with Gasteiger partial charge < -0.3 is 10.1 Å². The van der Waals surface area contributed by atoms with Gasteiger partial charge in [0.15, 0.2) is 0 Å². The van der Waals surface area contributed by atoms with E-state index in [0.29, 0.717) is 18.4 Å². The molecule has 0 bridgehead atoms. The molecule has 0 unspecified atom stereocenters. The molecule has 0 saturated carbocycles. The number of nitrogens with one attached hydrogen (secondary N) is 1. The first-order valence-electron chi connectivity index (χ1n) is 8.47. The van der Waals surface area contributed by atoms with E-state index >= 15 is 0 Å². The van der Waals surface area contributed by atoms with Gasteiger partial charge in [0.1, 0.15) is 12.4 Å². The molecule has 0 aliphatic carbocycles. The quantitative estimate of drug-likeness (QED) is 0.910. The van der Waals surface area contributed by atoms with E-state index in [2.05, 4.69) is 48.2 Å². The summed E-state index contributed by atoms with van der Waals surface area (Å²) in [5.74, 6) is 1.04. The normalized spacial score (nSPS) is 18.8. The van der Waals surface area contributed by atoms with Gasteiger partial charge in [-0.25, -0.2) is 9.78 Å². The average Bonchev–Trinajstić information content (AvgIpc) is 2.98. The maximum Gasteiger partial charge on any atom is 0.415 e. The summed E-state index contributed by atoms with van der Waals surface area (Å²) >= 11 is 0. The lowest BCUT2D eigenvalue weighted by Crippen LogP contribution is -2.43. The number of carbonyl (C=O) groups is 1. The zero-order chi connectivity index (χ0) is 18.0. The number of hydrogen-bond donors (Lipinski definition) is 1. The summed E-state index contributed by atoms with van der Waals surface area (Å²) in [6.45, 7) is 8.68. The molecule has 2 atom stereocenters. The Balaban J connectivity index is 1.83. The number of cyclic esters (lactones) is 1. The average molecular weight is 340 g/mol. The number of rotatable bonds is 4. The first kappa shape index (κ1) is 17.2. The van der Waals surface area contributed by atoms with Gasteiger partial charge in [0.05, 0.1) is 12.1 Å². The van der Waals surface area contributed by atoms with Crippen molar-refractivity contribution in [1.29, 1.82) is 0 Å². The van der Waals surface area contributed by atoms with Crippen LogP contribution in [0.25, 0.3) is 0 Å². The lowest BCUT2D eigenvalue weighted by atomic mass is 9.87. The van der Waals surface area contributed by atoms with Gasteiger partial charge in [-0.15, -0.1) is 0 Å². The highest BCUT2D eigenvalue weighted by atomic mass is 16.6. The zero-order valence-corrected chi connectivity index (χ0v) is 15.1. The standard InChI is InChI=1S/C19H24N4O2/c1-13(14-8-6-5-7-9-14)21-17-20-11-10-16(22-17)23-15(19(2,3)4)12-25-18(23)24/h5-11,13,15H,12H2,1-4H3,(H,20,21,22)/t13-,15+/m0/s1. The first-order chi connectivity index (χ1) is 11.9. The molecular formula is C19H24N4O2. The molecule has 1 amide bonds. The van der Waals surface area contributed by atoms with E-state index in [-0.39, 0.29) is 23.6 Å². The largest absolute Gasteiger partial charge is 0.447 e. The van der Waals surface area contributed by atoms with Crippen LogP contribution in [0.1, 0.15) is 39.3 Å². The Hall–Kier alpha value is -2.63. The summed E-state index contributed by atoms with van der Waals surface area (Å²) in [5, 5.41) is 3.29. The van der Waals surface area contributed by atoms with Crippen molar-refractivity contribution < 1.29 is 9.53 Å². The van der Waals surface area contributed by atoms with Crippen LogP contribution in [0.3, 0.4) is 0 Å². The molecule has 0 radical (unpaired) electrons. The molecule has 1 aromatic heterocycles. The Labute approximate surface area is 148 Å². The number of hydrogen-bond acceptors (Lipinski definition) is 5. The molecule has 132 valence electrons. The van der Waals surface area contributed by atoms with Crippen LogP contribution in [-0.4, -0.2) is 28.7 Å². The molecule has 6 nitrogen and oxygen atoms in total. The van der Waals surface area contributed by atoms with Crippen LogP contribution in [0.5, 0.6) is 0 Å². The maximum atomic E-state index is 12.2. The number of aromatic nitrogens is 2. The number of benzene rings is 1. The smallest absolute Gasteiger partial charge is 0.415 e. The Morgan fingerprint density at radius 3 is 2.64 bits per heavy atom. The topological polar surface area (TPSA) is 67.4 Å². The lowest BCUT2D eigenvalue weighted by molar-refractivity contribution is 0.172. The van der Waals surface area contributed by atoms with Crippen molar-refractivity contribution in [3.63, 3.8) is 0 Å². The van der Waals surface area contributed by atoms with Crippen molar-refractivity contribution in [2.24, 2.45) is 5.41 Å². The summed E-state index contributed by atoms with van der Waals surface area (Å²) in [7, 11) is 0. The molecule has 1 aromatic carbocycles. The van der Waals surface area contributed by atoms with E-state index in [1.54, 1.807) is 17.2 Å². The van der Waals surface area contributed by atoms with Gasteiger partial charge in [-0.3, -0.25) is 4.90 Å². The fourth-order valence-electron chi connectivity index (χ4n) is 2.88. The van der Waals surface area contributed by atoms with Crippen molar-refractivity contribution in [3.05, 3.63) is 48.2 Å². The van der Waals surface area contributed by atoms with E-state index in [9.17, 15) is 4.79 Å². The van der Waals surface area contributed by atoms with E-state index < -0.39 is 0 Å². The summed E-state index contributed by atoms with van der Waals surface area (Å²) < 4.78 is 5.26. The Kier molecular flexibility index (Phi) is 4.61. The van der Waals surface area contributed by atoms with Crippen molar-refractivity contribution >= 4 is 17.9 Å². The summed E-state index contributed by atoms with van der Waals surface area (Å²) in [6.07, 6.45) is 1.30. The van der Waals surface area contributed by atoms with Crippen molar-refractivity contribution in [3.8, 4) is 0 Å². The molecule has 2 aromatic rings. The second-order valence-electron chi connectivity index (χ2n) is 7.34. The van der Waals surface area contributed by atoms with Gasteiger partial charge in [-0.2, -0.15) is 4.98 Å². The third kappa shape index (κ3) is 3.73. The summed E-state index contributed by atoms with van der Waals surface area (Å²) in [4.78, 5) is 22.7. The second kappa shape index (κ2) is 6.70. The number of amides is 1. The van der Waals surface area contributed by atoms with E-state index in [1.165, 1.54) is 0 Å². The fraction of sp³-hybridized carbons (Fsp3) is 0.421. The SMILES string of the molecule is C[C@H](Nc1nccc(N2C(=O)OC[C@@H]2C(C)(C)C)n1)c1ccccc1. The lowest BCUT2D eigenvalue weighted by Gasteiger charge is -2.31. The van der Waals surface area contributed by atoms with Gasteiger partial charge in [0, 0.05) is 6.20 Å². The third-order valence-electron chi connectivity index (χ3n) is 4.41.